The summed E-state index contributed by atoms with van der Waals surface area (Å²) in [4.78, 5) is 28.3. The quantitative estimate of drug-likeness (QED) is 0.453. The van der Waals surface area contributed by atoms with Crippen LogP contribution in [0.1, 0.15) is 23.9 Å². The molecule has 0 spiro atoms. The molecule has 0 saturated heterocycles. The Morgan fingerprint density at radius 2 is 1.85 bits per heavy atom. The van der Waals surface area contributed by atoms with Crippen LogP contribution in [0.25, 0.3) is 11.0 Å². The van der Waals surface area contributed by atoms with E-state index in [4.69, 9.17) is 9.47 Å². The van der Waals surface area contributed by atoms with Crippen molar-refractivity contribution in [3.63, 3.8) is 0 Å². The maximum absolute atomic E-state index is 12.1. The van der Waals surface area contributed by atoms with Gasteiger partial charge in [0, 0.05) is 7.11 Å². The van der Waals surface area contributed by atoms with Crippen LogP contribution in [0.15, 0.2) is 48.5 Å². The van der Waals surface area contributed by atoms with Gasteiger partial charge in [-0.15, -0.1) is 0 Å². The largest absolute Gasteiger partial charge is 0.460 e. The Balaban J connectivity index is 1.90. The first-order valence-electron chi connectivity index (χ1n) is 8.83. The van der Waals surface area contributed by atoms with Crippen molar-refractivity contribution in [1.82, 2.24) is 9.55 Å². The lowest BCUT2D eigenvalue weighted by atomic mass is 10.0. The summed E-state index contributed by atoms with van der Waals surface area (Å²) in [5, 5.41) is 0. The fraction of sp³-hybridized carbons (Fsp3) is 0.286. The first-order valence-corrected chi connectivity index (χ1v) is 8.83. The number of fused-ring (bicyclic) bond motifs is 1. The summed E-state index contributed by atoms with van der Waals surface area (Å²) < 4.78 is 11.8. The Hall–Kier alpha value is -2.99. The molecule has 6 nitrogen and oxygen atoms in total. The van der Waals surface area contributed by atoms with Crippen molar-refractivity contribution in [2.75, 3.05) is 13.7 Å². The zero-order valence-electron chi connectivity index (χ0n) is 15.5. The molecular weight excluding hydrogens is 344 g/mol. The number of rotatable bonds is 8. The minimum Gasteiger partial charge on any atom is -0.460 e. The second kappa shape index (κ2) is 8.60. The number of benzene rings is 2. The van der Waals surface area contributed by atoms with Gasteiger partial charge < -0.3 is 14.0 Å². The van der Waals surface area contributed by atoms with Crippen LogP contribution < -0.4 is 0 Å². The maximum atomic E-state index is 12.1. The molecule has 1 aromatic heterocycles. The van der Waals surface area contributed by atoms with Crippen molar-refractivity contribution in [3.05, 3.63) is 65.5 Å². The van der Waals surface area contributed by atoms with Crippen LogP contribution in [-0.4, -0.2) is 35.0 Å². The summed E-state index contributed by atoms with van der Waals surface area (Å²) in [5.41, 5.74) is 3.97. The molecule has 0 aliphatic rings. The number of Topliss-reactive ketones (excluding diaryl/α,β-unsaturated/α-hetero) is 1. The van der Waals surface area contributed by atoms with Gasteiger partial charge in [0.15, 0.2) is 0 Å². The van der Waals surface area contributed by atoms with E-state index in [0.717, 1.165) is 23.0 Å². The van der Waals surface area contributed by atoms with Gasteiger partial charge in [-0.05, 0) is 36.6 Å². The van der Waals surface area contributed by atoms with E-state index < -0.39 is 11.8 Å². The lowest BCUT2D eigenvalue weighted by Crippen LogP contribution is -2.21. The Morgan fingerprint density at radius 3 is 2.56 bits per heavy atom. The molecule has 140 valence electrons. The van der Waals surface area contributed by atoms with E-state index in [1.54, 1.807) is 18.6 Å². The SMILES string of the molecule is CCOC(=O)C(=O)Cc1nc2cc(Cc3ccccc3)ccc2n1COC. The number of nitrogens with zero attached hydrogens (tertiary/aromatic N) is 2. The monoisotopic (exact) mass is 366 g/mol. The fourth-order valence-electron chi connectivity index (χ4n) is 3.00. The number of methoxy groups -OCH3 is 1. The van der Waals surface area contributed by atoms with Gasteiger partial charge in [-0.2, -0.15) is 0 Å². The maximum Gasteiger partial charge on any atom is 0.375 e. The van der Waals surface area contributed by atoms with Crippen molar-refractivity contribution in [2.45, 2.75) is 26.5 Å². The Labute approximate surface area is 157 Å². The third-order valence-corrected chi connectivity index (χ3v) is 4.22. The molecule has 3 aromatic rings. The second-order valence-corrected chi connectivity index (χ2v) is 6.18. The van der Waals surface area contributed by atoms with Gasteiger partial charge in [-0.25, -0.2) is 9.78 Å². The summed E-state index contributed by atoms with van der Waals surface area (Å²) in [6.07, 6.45) is 0.676. The molecule has 2 aromatic carbocycles. The minimum absolute atomic E-state index is 0.120. The molecule has 3 rings (SSSR count). The fourth-order valence-corrected chi connectivity index (χ4v) is 3.00. The van der Waals surface area contributed by atoms with E-state index in [9.17, 15) is 9.59 Å². The first kappa shape index (κ1) is 18.8. The molecule has 1 heterocycles. The van der Waals surface area contributed by atoms with Crippen LogP contribution in [0, 0.1) is 0 Å². The third kappa shape index (κ3) is 4.41. The van der Waals surface area contributed by atoms with Gasteiger partial charge in [0.1, 0.15) is 12.6 Å². The lowest BCUT2D eigenvalue weighted by molar-refractivity contribution is -0.153. The highest BCUT2D eigenvalue weighted by Gasteiger charge is 2.20. The highest BCUT2D eigenvalue weighted by Crippen LogP contribution is 2.20. The minimum atomic E-state index is -0.835. The molecule has 6 heteroatoms. The van der Waals surface area contributed by atoms with Crippen molar-refractivity contribution >= 4 is 22.8 Å². The van der Waals surface area contributed by atoms with Crippen LogP contribution in [0.4, 0.5) is 0 Å². The molecule has 0 N–H and O–H groups in total. The van der Waals surface area contributed by atoms with Crippen LogP contribution >= 0.6 is 0 Å². The van der Waals surface area contributed by atoms with E-state index in [1.165, 1.54) is 5.56 Å². The zero-order chi connectivity index (χ0) is 19.2. The number of hydrogen-bond donors (Lipinski definition) is 0. The number of aromatic nitrogens is 2. The summed E-state index contributed by atoms with van der Waals surface area (Å²) in [7, 11) is 1.58. The Morgan fingerprint density at radius 1 is 1.07 bits per heavy atom. The molecule has 0 radical (unpaired) electrons. The number of carbonyl (C=O) groups excluding carboxylic acids is 2. The number of esters is 1. The molecule has 27 heavy (non-hydrogen) atoms. The van der Waals surface area contributed by atoms with Crippen LogP contribution in [0.2, 0.25) is 0 Å². The second-order valence-electron chi connectivity index (χ2n) is 6.18. The molecule has 0 bridgehead atoms. The van der Waals surface area contributed by atoms with Crippen molar-refractivity contribution in [1.29, 1.82) is 0 Å². The number of carbonyl (C=O) groups is 2. The van der Waals surface area contributed by atoms with Crippen LogP contribution in [0.5, 0.6) is 0 Å². The summed E-state index contributed by atoms with van der Waals surface area (Å²) in [5.74, 6) is -0.964. The van der Waals surface area contributed by atoms with E-state index in [-0.39, 0.29) is 19.8 Å². The van der Waals surface area contributed by atoms with Gasteiger partial charge in [0.05, 0.1) is 24.1 Å². The van der Waals surface area contributed by atoms with Crippen molar-refractivity contribution in [3.8, 4) is 0 Å². The highest BCUT2D eigenvalue weighted by molar-refractivity contribution is 6.34. The third-order valence-electron chi connectivity index (χ3n) is 4.22. The first-order chi connectivity index (χ1) is 13.1. The molecule has 0 amide bonds. The smallest absolute Gasteiger partial charge is 0.375 e. The highest BCUT2D eigenvalue weighted by atomic mass is 16.5. The topological polar surface area (TPSA) is 70.4 Å². The number of imidazole rings is 1. The average molecular weight is 366 g/mol. The zero-order valence-corrected chi connectivity index (χ0v) is 15.5. The summed E-state index contributed by atoms with van der Waals surface area (Å²) in [6, 6.07) is 16.2. The Bertz CT molecular complexity index is 947. The molecule has 0 aliphatic carbocycles. The standard InChI is InChI=1S/C21H22N2O4/c1-3-27-21(25)19(24)13-20-22-17-12-16(11-15-7-5-4-6-8-15)9-10-18(17)23(20)14-26-2/h4-10,12H,3,11,13-14H2,1-2H3. The number of ether oxygens (including phenoxy) is 2. The summed E-state index contributed by atoms with van der Waals surface area (Å²) >= 11 is 0. The van der Waals surface area contributed by atoms with E-state index >= 15 is 0 Å². The van der Waals surface area contributed by atoms with Gasteiger partial charge in [0.25, 0.3) is 0 Å². The molecule has 0 fully saturated rings. The van der Waals surface area contributed by atoms with Gasteiger partial charge in [0.2, 0.25) is 5.78 Å². The van der Waals surface area contributed by atoms with E-state index in [2.05, 4.69) is 17.1 Å². The van der Waals surface area contributed by atoms with Gasteiger partial charge in [-0.1, -0.05) is 36.4 Å². The molecule has 0 aliphatic heterocycles. The van der Waals surface area contributed by atoms with Crippen LogP contribution in [0.3, 0.4) is 0 Å². The van der Waals surface area contributed by atoms with Gasteiger partial charge in [-0.3, -0.25) is 4.79 Å². The normalized spacial score (nSPS) is 10.9. The van der Waals surface area contributed by atoms with E-state index in [0.29, 0.717) is 5.82 Å². The lowest BCUT2D eigenvalue weighted by Gasteiger charge is -2.07. The van der Waals surface area contributed by atoms with Crippen molar-refractivity contribution < 1.29 is 19.1 Å². The predicted molar refractivity (Wildman–Crippen MR) is 101 cm³/mol. The average Bonchev–Trinajstić information content (AvgIpc) is 2.99. The van der Waals surface area contributed by atoms with Gasteiger partial charge >= 0.3 is 5.97 Å². The molecule has 0 atom stereocenters. The Kier molecular flexibility index (Phi) is 5.98. The predicted octanol–water partition coefficient (Wildman–Crippen LogP) is 2.91. The number of ketones is 1. The molecular formula is C21H22N2O4. The molecule has 0 unspecified atom stereocenters. The summed E-state index contributed by atoms with van der Waals surface area (Å²) in [6.45, 7) is 2.08. The van der Waals surface area contributed by atoms with Crippen LogP contribution in [-0.2, 0) is 38.6 Å². The van der Waals surface area contributed by atoms with E-state index in [1.807, 2.05) is 36.4 Å². The number of hydrogen-bond acceptors (Lipinski definition) is 5. The molecule has 0 saturated carbocycles. The van der Waals surface area contributed by atoms with Crippen molar-refractivity contribution in [2.24, 2.45) is 0 Å².